The van der Waals surface area contributed by atoms with Crippen molar-refractivity contribution in [2.45, 2.75) is 71.6 Å². The van der Waals surface area contributed by atoms with E-state index in [1.807, 2.05) is 12.1 Å². The van der Waals surface area contributed by atoms with Crippen molar-refractivity contribution in [2.75, 3.05) is 0 Å². The average molecular weight is 277 g/mol. The lowest BCUT2D eigenvalue weighted by atomic mass is 9.89. The maximum atomic E-state index is 5.91. The molecular weight excluding hydrogens is 250 g/mol. The zero-order valence-corrected chi connectivity index (χ0v) is 13.1. The summed E-state index contributed by atoms with van der Waals surface area (Å²) in [6.07, 6.45) is 5.10. The van der Waals surface area contributed by atoms with E-state index in [-0.39, 0.29) is 5.54 Å². The number of nitrogens with zero attached hydrogens (tertiary/aromatic N) is 2. The summed E-state index contributed by atoms with van der Waals surface area (Å²) in [6.45, 7) is 9.47. The number of hydrogen-bond acceptors (Lipinski definition) is 4. The van der Waals surface area contributed by atoms with Gasteiger partial charge >= 0.3 is 0 Å². The van der Waals surface area contributed by atoms with Crippen LogP contribution in [0.2, 0.25) is 0 Å². The molecule has 112 valence electrons. The third-order valence-electron chi connectivity index (χ3n) is 3.75. The zero-order chi connectivity index (χ0) is 14.6. The molecule has 4 nitrogen and oxygen atoms in total. The highest BCUT2D eigenvalue weighted by molar-refractivity contribution is 5.12. The lowest BCUT2D eigenvalue weighted by Gasteiger charge is -2.26. The van der Waals surface area contributed by atoms with Crippen molar-refractivity contribution in [2.24, 2.45) is 5.92 Å². The summed E-state index contributed by atoms with van der Waals surface area (Å²) in [4.78, 5) is 0. The van der Waals surface area contributed by atoms with Gasteiger partial charge < -0.3 is 10.1 Å². The molecule has 0 aliphatic heterocycles. The van der Waals surface area contributed by atoms with Crippen LogP contribution in [0, 0.1) is 5.92 Å². The van der Waals surface area contributed by atoms with E-state index in [0.29, 0.717) is 12.0 Å². The SMILES string of the molecule is CC1CCC(Oc2ccc(CNC(C)(C)C)nn2)CC1. The Hall–Kier alpha value is -1.16. The van der Waals surface area contributed by atoms with Crippen LogP contribution in [0.4, 0.5) is 0 Å². The van der Waals surface area contributed by atoms with E-state index in [2.05, 4.69) is 43.2 Å². The zero-order valence-electron chi connectivity index (χ0n) is 13.1. The van der Waals surface area contributed by atoms with Crippen LogP contribution in [-0.2, 0) is 6.54 Å². The van der Waals surface area contributed by atoms with E-state index in [4.69, 9.17) is 4.74 Å². The first kappa shape index (κ1) is 15.2. The van der Waals surface area contributed by atoms with Gasteiger partial charge in [-0.25, -0.2) is 0 Å². The van der Waals surface area contributed by atoms with Gasteiger partial charge in [0, 0.05) is 18.2 Å². The summed E-state index contributed by atoms with van der Waals surface area (Å²) < 4.78 is 5.91. The predicted molar refractivity (Wildman–Crippen MR) is 80.7 cm³/mol. The Kier molecular flexibility index (Phi) is 4.97. The lowest BCUT2D eigenvalue weighted by molar-refractivity contribution is 0.128. The van der Waals surface area contributed by atoms with Crippen LogP contribution in [-0.4, -0.2) is 21.8 Å². The number of rotatable bonds is 4. The number of hydrogen-bond donors (Lipinski definition) is 1. The van der Waals surface area contributed by atoms with E-state index in [0.717, 1.165) is 31.0 Å². The highest BCUT2D eigenvalue weighted by atomic mass is 16.5. The molecule has 0 amide bonds. The minimum atomic E-state index is 0.0929. The Bertz CT molecular complexity index is 403. The normalized spacial score (nSPS) is 23.6. The second kappa shape index (κ2) is 6.53. The Morgan fingerprint density at radius 3 is 2.40 bits per heavy atom. The molecule has 2 rings (SSSR count). The summed E-state index contributed by atoms with van der Waals surface area (Å²) in [7, 11) is 0. The monoisotopic (exact) mass is 277 g/mol. The standard InChI is InChI=1S/C16H27N3O/c1-12-5-8-14(9-6-12)20-15-10-7-13(18-19-15)11-17-16(2,3)4/h7,10,12,14,17H,5-6,8-9,11H2,1-4H3. The van der Waals surface area contributed by atoms with Crippen LogP contribution in [0.15, 0.2) is 12.1 Å². The first-order chi connectivity index (χ1) is 9.42. The van der Waals surface area contributed by atoms with Gasteiger partial charge in [-0.1, -0.05) is 6.92 Å². The molecule has 0 saturated heterocycles. The molecule has 0 spiro atoms. The van der Waals surface area contributed by atoms with Crippen molar-refractivity contribution < 1.29 is 4.74 Å². The number of ether oxygens (including phenoxy) is 1. The molecule has 1 heterocycles. The molecule has 0 bridgehead atoms. The Balaban J connectivity index is 1.82. The minimum absolute atomic E-state index is 0.0929. The fourth-order valence-corrected chi connectivity index (χ4v) is 2.38. The fraction of sp³-hybridized carbons (Fsp3) is 0.750. The number of aromatic nitrogens is 2. The predicted octanol–water partition coefficient (Wildman–Crippen LogP) is 3.32. The summed E-state index contributed by atoms with van der Waals surface area (Å²) in [5.74, 6) is 1.50. The summed E-state index contributed by atoms with van der Waals surface area (Å²) in [5.41, 5.74) is 1.04. The van der Waals surface area contributed by atoms with Crippen molar-refractivity contribution in [1.29, 1.82) is 0 Å². The van der Waals surface area contributed by atoms with Crippen molar-refractivity contribution in [3.8, 4) is 5.88 Å². The van der Waals surface area contributed by atoms with Crippen molar-refractivity contribution >= 4 is 0 Å². The smallest absolute Gasteiger partial charge is 0.233 e. The van der Waals surface area contributed by atoms with E-state index in [1.165, 1.54) is 12.8 Å². The van der Waals surface area contributed by atoms with Crippen molar-refractivity contribution in [3.63, 3.8) is 0 Å². The highest BCUT2D eigenvalue weighted by Crippen LogP contribution is 2.26. The van der Waals surface area contributed by atoms with Crippen LogP contribution >= 0.6 is 0 Å². The second-order valence-corrected chi connectivity index (χ2v) is 6.97. The average Bonchev–Trinajstić information content (AvgIpc) is 2.40. The first-order valence-corrected chi connectivity index (χ1v) is 7.67. The fourth-order valence-electron chi connectivity index (χ4n) is 2.38. The van der Waals surface area contributed by atoms with Crippen LogP contribution in [0.1, 0.15) is 59.1 Å². The second-order valence-electron chi connectivity index (χ2n) is 6.97. The van der Waals surface area contributed by atoms with Gasteiger partial charge in [-0.15, -0.1) is 5.10 Å². The maximum absolute atomic E-state index is 5.91. The van der Waals surface area contributed by atoms with E-state index >= 15 is 0 Å². The number of nitrogens with one attached hydrogen (secondary N) is 1. The molecule has 0 radical (unpaired) electrons. The van der Waals surface area contributed by atoms with Gasteiger partial charge in [-0.3, -0.25) is 0 Å². The first-order valence-electron chi connectivity index (χ1n) is 7.67. The van der Waals surface area contributed by atoms with Crippen LogP contribution in [0.5, 0.6) is 5.88 Å². The van der Waals surface area contributed by atoms with E-state index < -0.39 is 0 Å². The van der Waals surface area contributed by atoms with Gasteiger partial charge in [-0.2, -0.15) is 5.10 Å². The molecule has 1 N–H and O–H groups in total. The topological polar surface area (TPSA) is 47.0 Å². The van der Waals surface area contributed by atoms with Gasteiger partial charge in [0.2, 0.25) is 5.88 Å². The summed E-state index contributed by atoms with van der Waals surface area (Å²) in [6, 6.07) is 3.93. The molecule has 1 saturated carbocycles. The van der Waals surface area contributed by atoms with Crippen molar-refractivity contribution in [1.82, 2.24) is 15.5 Å². The van der Waals surface area contributed by atoms with E-state index in [1.54, 1.807) is 0 Å². The Morgan fingerprint density at radius 1 is 1.15 bits per heavy atom. The summed E-state index contributed by atoms with van der Waals surface area (Å²) in [5, 5.41) is 11.8. The van der Waals surface area contributed by atoms with Gasteiger partial charge in [-0.05, 0) is 58.4 Å². The highest BCUT2D eigenvalue weighted by Gasteiger charge is 2.20. The summed E-state index contributed by atoms with van der Waals surface area (Å²) >= 11 is 0. The Labute approximate surface area is 122 Å². The minimum Gasteiger partial charge on any atom is -0.473 e. The third kappa shape index (κ3) is 5.08. The van der Waals surface area contributed by atoms with Crippen LogP contribution < -0.4 is 10.1 Å². The largest absolute Gasteiger partial charge is 0.473 e. The molecule has 1 aromatic heterocycles. The molecule has 1 fully saturated rings. The van der Waals surface area contributed by atoms with Crippen molar-refractivity contribution in [3.05, 3.63) is 17.8 Å². The molecule has 1 aromatic rings. The molecule has 1 aliphatic rings. The molecule has 20 heavy (non-hydrogen) atoms. The quantitative estimate of drug-likeness (QED) is 0.917. The van der Waals surface area contributed by atoms with E-state index in [9.17, 15) is 0 Å². The molecule has 0 atom stereocenters. The molecule has 0 aromatic carbocycles. The van der Waals surface area contributed by atoms with Gasteiger partial charge in [0.25, 0.3) is 0 Å². The molecular formula is C16H27N3O. The molecule has 4 heteroatoms. The van der Waals surface area contributed by atoms with Gasteiger partial charge in [0.05, 0.1) is 5.69 Å². The third-order valence-corrected chi connectivity index (χ3v) is 3.75. The Morgan fingerprint density at radius 2 is 1.85 bits per heavy atom. The van der Waals surface area contributed by atoms with Gasteiger partial charge in [0.1, 0.15) is 6.10 Å². The lowest BCUT2D eigenvalue weighted by Crippen LogP contribution is -2.35. The van der Waals surface area contributed by atoms with Crippen LogP contribution in [0.3, 0.4) is 0 Å². The maximum Gasteiger partial charge on any atom is 0.233 e. The van der Waals surface area contributed by atoms with Gasteiger partial charge in [0.15, 0.2) is 0 Å². The molecule has 0 unspecified atom stereocenters. The molecule has 1 aliphatic carbocycles. The van der Waals surface area contributed by atoms with Crippen LogP contribution in [0.25, 0.3) is 0 Å².